The van der Waals surface area contributed by atoms with Crippen molar-refractivity contribution >= 4 is 11.0 Å². The van der Waals surface area contributed by atoms with E-state index < -0.39 is 42.4 Å². The molecule has 4 atom stereocenters. The molecule has 0 saturated carbocycles. The van der Waals surface area contributed by atoms with Gasteiger partial charge in [-0.1, -0.05) is 0 Å². The molecule has 0 aromatic heterocycles. The Morgan fingerprint density at radius 1 is 1.00 bits per heavy atom. The predicted molar refractivity (Wildman–Crippen MR) is 106 cm³/mol. The van der Waals surface area contributed by atoms with Gasteiger partial charge in [-0.3, -0.25) is 4.79 Å². The number of aliphatic hydroxyl groups excluding tert-OH is 5. The molecule has 2 aliphatic rings. The van der Waals surface area contributed by atoms with Crippen molar-refractivity contribution in [3.63, 3.8) is 0 Å². The summed E-state index contributed by atoms with van der Waals surface area (Å²) in [4.78, 5) is 33.4. The fraction of sp³-hybridized carbons (Fsp3) is 0.474. The van der Waals surface area contributed by atoms with Crippen LogP contribution in [0.1, 0.15) is 24.3 Å². The lowest BCUT2D eigenvalue weighted by atomic mass is 10.1. The van der Waals surface area contributed by atoms with Crippen LogP contribution in [0.4, 0.5) is 0 Å². The van der Waals surface area contributed by atoms with Gasteiger partial charge in [0.25, 0.3) is 5.56 Å². The average Bonchev–Trinajstić information content (AvgIpc) is 2.68. The molecule has 2 heterocycles. The van der Waals surface area contributed by atoms with Gasteiger partial charge in [0.2, 0.25) is 0 Å². The zero-order valence-electron chi connectivity index (χ0n) is 16.7. The highest BCUT2D eigenvalue weighted by molar-refractivity contribution is 5.81. The van der Waals surface area contributed by atoms with E-state index in [4.69, 9.17) is 5.11 Å². The first-order chi connectivity index (χ1) is 14.1. The number of aryl methyl sites for hydroxylation is 2. The normalized spacial score (nSPS) is 16.0. The Bertz CT molecular complexity index is 1170. The maximum atomic E-state index is 12.8. The second-order valence-electron chi connectivity index (χ2n) is 7.33. The van der Waals surface area contributed by atoms with Gasteiger partial charge < -0.3 is 30.1 Å². The van der Waals surface area contributed by atoms with Crippen LogP contribution in [0.5, 0.6) is 0 Å². The molecule has 162 valence electrons. The summed E-state index contributed by atoms with van der Waals surface area (Å²) in [5.74, 6) is -0.137. The Labute approximate surface area is 170 Å². The van der Waals surface area contributed by atoms with Crippen LogP contribution in [0.2, 0.25) is 0 Å². The molecule has 1 aromatic rings. The Morgan fingerprint density at radius 2 is 1.63 bits per heavy atom. The number of hydrogen-bond donors (Lipinski definition) is 5. The Hall–Kier alpha value is -2.70. The van der Waals surface area contributed by atoms with Crippen molar-refractivity contribution < 1.29 is 25.5 Å². The fourth-order valence-electron chi connectivity index (χ4n) is 3.28. The first-order valence-electron chi connectivity index (χ1n) is 9.34. The van der Waals surface area contributed by atoms with Gasteiger partial charge in [-0.05, 0) is 44.0 Å². The van der Waals surface area contributed by atoms with Crippen LogP contribution in [0.25, 0.3) is 22.6 Å². The lowest BCUT2D eigenvalue weighted by molar-refractivity contribution is -0.0802. The summed E-state index contributed by atoms with van der Waals surface area (Å²) in [7, 11) is 0. The lowest BCUT2D eigenvalue weighted by Crippen LogP contribution is -2.43. The fourth-order valence-corrected chi connectivity index (χ4v) is 3.28. The second-order valence-corrected chi connectivity index (χ2v) is 7.33. The van der Waals surface area contributed by atoms with E-state index >= 15 is 0 Å². The molecule has 1 aromatic carbocycles. The molecule has 2 aliphatic heterocycles. The molecular weight excluding hydrogens is 396 g/mol. The molecule has 11 nitrogen and oxygen atoms in total. The molecule has 0 fully saturated rings. The Balaban J connectivity index is 2.35. The van der Waals surface area contributed by atoms with E-state index in [1.165, 1.54) is 11.5 Å². The maximum absolute atomic E-state index is 12.8. The number of aliphatic hydroxyl groups is 5. The lowest BCUT2D eigenvalue weighted by Gasteiger charge is -2.25. The molecule has 11 heteroatoms. The third-order valence-electron chi connectivity index (χ3n) is 5.13. The molecule has 3 rings (SSSR count). The number of nitrogens with zero attached hydrogens (tertiary/aromatic N) is 4. The van der Waals surface area contributed by atoms with Crippen LogP contribution in [0.15, 0.2) is 21.7 Å². The van der Waals surface area contributed by atoms with Crippen molar-refractivity contribution in [3.8, 4) is 11.5 Å². The standard InChI is InChI=1S/C19H24N4O7/c1-8-4-11-12(5-9(8)2)22(6-13(26)16(28)14(27)7-24)17-15(20-11)18(29)23(10(3)25)19(30)21-17/h4-5,10,13-14,16,24-28H,6-7H2,1-3H3. The molecule has 4 unspecified atom stereocenters. The van der Waals surface area contributed by atoms with E-state index in [0.717, 1.165) is 11.1 Å². The number of rotatable bonds is 6. The van der Waals surface area contributed by atoms with Crippen LogP contribution in [-0.2, 0) is 6.54 Å². The van der Waals surface area contributed by atoms with Crippen molar-refractivity contribution in [1.82, 2.24) is 19.1 Å². The molecule has 0 radical (unpaired) electrons. The maximum Gasteiger partial charge on any atom is 0.354 e. The van der Waals surface area contributed by atoms with Crippen LogP contribution in [-0.4, -0.2) is 69.6 Å². The van der Waals surface area contributed by atoms with Crippen LogP contribution in [0, 0.1) is 13.8 Å². The molecule has 30 heavy (non-hydrogen) atoms. The summed E-state index contributed by atoms with van der Waals surface area (Å²) in [5.41, 5.74) is 0.548. The number of fused-ring (bicyclic) bond motifs is 2. The van der Waals surface area contributed by atoms with Crippen LogP contribution < -0.4 is 11.2 Å². The van der Waals surface area contributed by atoms with E-state index in [0.29, 0.717) is 15.6 Å². The first-order valence-corrected chi connectivity index (χ1v) is 9.34. The van der Waals surface area contributed by atoms with E-state index in [1.54, 1.807) is 12.1 Å². The third-order valence-corrected chi connectivity index (χ3v) is 5.13. The molecule has 0 aliphatic carbocycles. The van der Waals surface area contributed by atoms with E-state index in [1.807, 2.05) is 13.8 Å². The molecule has 0 saturated heterocycles. The highest BCUT2D eigenvalue weighted by Gasteiger charge is 2.28. The summed E-state index contributed by atoms with van der Waals surface area (Å²) < 4.78 is 1.92. The largest absolute Gasteiger partial charge is 0.394 e. The van der Waals surface area contributed by atoms with Gasteiger partial charge in [0.1, 0.15) is 24.5 Å². The second kappa shape index (κ2) is 8.20. The minimum absolute atomic E-state index is 0.137. The van der Waals surface area contributed by atoms with Crippen molar-refractivity contribution in [2.75, 3.05) is 6.61 Å². The van der Waals surface area contributed by atoms with Crippen molar-refractivity contribution in [2.24, 2.45) is 0 Å². The van der Waals surface area contributed by atoms with E-state index in [9.17, 15) is 30.0 Å². The highest BCUT2D eigenvalue weighted by Crippen LogP contribution is 2.25. The first kappa shape index (κ1) is 22.0. The van der Waals surface area contributed by atoms with Crippen molar-refractivity contribution in [3.05, 3.63) is 44.1 Å². The topological polar surface area (TPSA) is 171 Å². The summed E-state index contributed by atoms with van der Waals surface area (Å²) in [6.07, 6.45) is -6.24. The zero-order chi connectivity index (χ0) is 22.3. The molecule has 5 N–H and O–H groups in total. The number of benzene rings is 1. The zero-order valence-corrected chi connectivity index (χ0v) is 16.7. The monoisotopic (exact) mass is 420 g/mol. The summed E-state index contributed by atoms with van der Waals surface area (Å²) >= 11 is 0. The summed E-state index contributed by atoms with van der Waals surface area (Å²) in [6.45, 7) is 3.84. The number of hydrogen-bond acceptors (Lipinski definition) is 9. The van der Waals surface area contributed by atoms with Crippen molar-refractivity contribution in [1.29, 1.82) is 0 Å². The molecule has 0 spiro atoms. The molecular formula is C19H24N4O7. The Kier molecular flexibility index (Phi) is 6.01. The van der Waals surface area contributed by atoms with Crippen LogP contribution in [0.3, 0.4) is 0 Å². The minimum atomic E-state index is -1.68. The van der Waals surface area contributed by atoms with Gasteiger partial charge in [-0.25, -0.2) is 14.3 Å². The predicted octanol–water partition coefficient (Wildman–Crippen LogP) is -1.74. The smallest absolute Gasteiger partial charge is 0.354 e. The van der Waals surface area contributed by atoms with Gasteiger partial charge in [0, 0.05) is 0 Å². The van der Waals surface area contributed by atoms with Gasteiger partial charge in [-0.2, -0.15) is 4.98 Å². The van der Waals surface area contributed by atoms with E-state index in [-0.39, 0.29) is 18.1 Å². The highest BCUT2D eigenvalue weighted by atomic mass is 16.4. The Morgan fingerprint density at radius 3 is 2.23 bits per heavy atom. The SMILES string of the molecule is Cc1cc2nc3c(=O)n(C(C)O)c(=O)nc-3n(CC(O)C(O)C(O)CO)c2cc1C. The molecule has 0 bridgehead atoms. The average molecular weight is 420 g/mol. The quantitative estimate of drug-likeness (QED) is 0.290. The van der Waals surface area contributed by atoms with Crippen molar-refractivity contribution in [2.45, 2.75) is 51.9 Å². The van der Waals surface area contributed by atoms with Crippen LogP contribution >= 0.6 is 0 Å². The van der Waals surface area contributed by atoms with Gasteiger partial charge in [0.05, 0.1) is 24.2 Å². The third kappa shape index (κ3) is 3.73. The van der Waals surface area contributed by atoms with E-state index in [2.05, 4.69) is 9.97 Å². The summed E-state index contributed by atoms with van der Waals surface area (Å²) in [5, 5.41) is 48.9. The number of aromatic nitrogens is 4. The summed E-state index contributed by atoms with van der Waals surface area (Å²) in [6, 6.07) is 3.47. The van der Waals surface area contributed by atoms with Gasteiger partial charge in [0.15, 0.2) is 11.5 Å². The van der Waals surface area contributed by atoms with Gasteiger partial charge in [-0.15, -0.1) is 0 Å². The van der Waals surface area contributed by atoms with Gasteiger partial charge >= 0.3 is 5.69 Å². The minimum Gasteiger partial charge on any atom is -0.394 e. The molecule has 0 amide bonds.